The Kier molecular flexibility index (Phi) is 5.14. The zero-order valence-electron chi connectivity index (χ0n) is 12.9. The van der Waals surface area contributed by atoms with Crippen LogP contribution in [0.2, 0.25) is 0 Å². The number of carbonyl (C=O) groups excluding carboxylic acids is 1. The summed E-state index contributed by atoms with van der Waals surface area (Å²) < 4.78 is 1.40. The Morgan fingerprint density at radius 1 is 1.23 bits per heavy atom. The fourth-order valence-electron chi connectivity index (χ4n) is 2.54. The Hall–Kier alpha value is -2.37. The number of hydrogen-bond acceptors (Lipinski definition) is 3. The third kappa shape index (κ3) is 3.27. The number of hydrogen-bond donors (Lipinski definition) is 2. The van der Waals surface area contributed by atoms with E-state index in [4.69, 9.17) is 0 Å². The molecule has 1 aromatic heterocycles. The molecule has 2 rings (SSSR count). The number of benzene rings is 1. The van der Waals surface area contributed by atoms with Gasteiger partial charge in [-0.1, -0.05) is 26.0 Å². The van der Waals surface area contributed by atoms with Crippen LogP contribution in [0, 0.1) is 5.92 Å². The van der Waals surface area contributed by atoms with E-state index >= 15 is 0 Å². The molecule has 1 aromatic carbocycles. The molecule has 6 heteroatoms. The molecule has 0 fully saturated rings. The largest absolute Gasteiger partial charge is 0.354 e. The lowest BCUT2D eigenvalue weighted by Crippen LogP contribution is -2.40. The van der Waals surface area contributed by atoms with E-state index in [9.17, 15) is 14.4 Å². The third-order valence-corrected chi connectivity index (χ3v) is 3.87. The maximum absolute atomic E-state index is 12.0. The van der Waals surface area contributed by atoms with E-state index in [1.807, 2.05) is 13.8 Å². The van der Waals surface area contributed by atoms with E-state index in [1.165, 1.54) is 4.57 Å². The molecule has 0 saturated heterocycles. The molecule has 1 amide bonds. The second-order valence-electron chi connectivity index (χ2n) is 5.23. The number of rotatable bonds is 6. The van der Waals surface area contributed by atoms with E-state index in [1.54, 1.807) is 24.3 Å². The molecule has 1 heterocycles. The molecule has 0 unspecified atom stereocenters. The smallest absolute Gasteiger partial charge is 0.316 e. The SMILES string of the molecule is CCC(CC)C(=O)NCCn1c(=O)c(=O)[nH]c2ccccc21. The van der Waals surface area contributed by atoms with Crippen molar-refractivity contribution in [2.75, 3.05) is 6.54 Å². The van der Waals surface area contributed by atoms with E-state index in [0.29, 0.717) is 17.6 Å². The standard InChI is InChI=1S/C16H21N3O3/c1-3-11(4-2)14(20)17-9-10-19-13-8-6-5-7-12(13)18-15(21)16(19)22/h5-8,11H,3-4,9-10H2,1-2H3,(H,17,20)(H,18,21). The molecule has 118 valence electrons. The van der Waals surface area contributed by atoms with Crippen LogP contribution in [0.25, 0.3) is 11.0 Å². The molecular formula is C16H21N3O3. The maximum Gasteiger partial charge on any atom is 0.316 e. The first-order valence-electron chi connectivity index (χ1n) is 7.58. The Morgan fingerprint density at radius 3 is 2.59 bits per heavy atom. The molecule has 0 radical (unpaired) electrons. The summed E-state index contributed by atoms with van der Waals surface area (Å²) in [7, 11) is 0. The monoisotopic (exact) mass is 303 g/mol. The highest BCUT2D eigenvalue weighted by atomic mass is 16.2. The molecule has 2 N–H and O–H groups in total. The van der Waals surface area contributed by atoms with Gasteiger partial charge in [-0.05, 0) is 25.0 Å². The Morgan fingerprint density at radius 2 is 1.91 bits per heavy atom. The van der Waals surface area contributed by atoms with Crippen LogP contribution in [0.1, 0.15) is 26.7 Å². The summed E-state index contributed by atoms with van der Waals surface area (Å²) in [5, 5.41) is 2.83. The van der Waals surface area contributed by atoms with Crippen molar-refractivity contribution in [3.05, 3.63) is 45.0 Å². The van der Waals surface area contributed by atoms with Crippen molar-refractivity contribution in [2.24, 2.45) is 5.92 Å². The van der Waals surface area contributed by atoms with Crippen LogP contribution in [0.5, 0.6) is 0 Å². The van der Waals surface area contributed by atoms with Crippen LogP contribution in [-0.4, -0.2) is 22.0 Å². The summed E-state index contributed by atoms with van der Waals surface area (Å²) in [6.45, 7) is 4.54. The number of carbonyl (C=O) groups is 1. The molecule has 0 saturated carbocycles. The second kappa shape index (κ2) is 7.06. The summed E-state index contributed by atoms with van der Waals surface area (Å²) >= 11 is 0. The molecule has 0 spiro atoms. The average Bonchev–Trinajstić information content (AvgIpc) is 2.52. The third-order valence-electron chi connectivity index (χ3n) is 3.87. The maximum atomic E-state index is 12.0. The first-order valence-corrected chi connectivity index (χ1v) is 7.58. The Labute approximate surface area is 128 Å². The van der Waals surface area contributed by atoms with E-state index in [0.717, 1.165) is 12.8 Å². The lowest BCUT2D eigenvalue weighted by Gasteiger charge is -2.14. The molecule has 0 bridgehead atoms. The number of H-pyrrole nitrogens is 1. The fraction of sp³-hybridized carbons (Fsp3) is 0.438. The molecule has 0 aliphatic heterocycles. The van der Waals surface area contributed by atoms with Gasteiger partial charge in [-0.3, -0.25) is 14.4 Å². The minimum absolute atomic E-state index is 0.00681. The molecule has 0 aliphatic rings. The normalized spacial score (nSPS) is 11.0. The van der Waals surface area contributed by atoms with Crippen molar-refractivity contribution in [2.45, 2.75) is 33.2 Å². The van der Waals surface area contributed by atoms with Crippen molar-refractivity contribution in [1.29, 1.82) is 0 Å². The zero-order chi connectivity index (χ0) is 16.1. The van der Waals surface area contributed by atoms with Gasteiger partial charge < -0.3 is 14.9 Å². The van der Waals surface area contributed by atoms with Crippen LogP contribution < -0.4 is 16.4 Å². The molecule has 2 aromatic rings. The predicted molar refractivity (Wildman–Crippen MR) is 85.9 cm³/mol. The Balaban J connectivity index is 2.19. The average molecular weight is 303 g/mol. The van der Waals surface area contributed by atoms with Gasteiger partial charge in [0.2, 0.25) is 5.91 Å². The molecule has 0 atom stereocenters. The second-order valence-corrected chi connectivity index (χ2v) is 5.23. The van der Waals surface area contributed by atoms with Gasteiger partial charge in [0.1, 0.15) is 0 Å². The number of amides is 1. The van der Waals surface area contributed by atoms with Gasteiger partial charge in [-0.15, -0.1) is 0 Å². The highest BCUT2D eigenvalue weighted by Gasteiger charge is 2.13. The summed E-state index contributed by atoms with van der Waals surface area (Å²) in [4.78, 5) is 38.2. The van der Waals surface area contributed by atoms with Crippen molar-refractivity contribution in [3.8, 4) is 0 Å². The molecule has 22 heavy (non-hydrogen) atoms. The number of fused-ring (bicyclic) bond motifs is 1. The summed E-state index contributed by atoms with van der Waals surface area (Å²) in [5.41, 5.74) is 0.0165. The number of para-hydroxylation sites is 2. The highest BCUT2D eigenvalue weighted by Crippen LogP contribution is 2.08. The van der Waals surface area contributed by atoms with E-state index < -0.39 is 11.1 Å². The van der Waals surface area contributed by atoms with Gasteiger partial charge in [0, 0.05) is 19.0 Å². The van der Waals surface area contributed by atoms with Crippen molar-refractivity contribution < 1.29 is 4.79 Å². The lowest BCUT2D eigenvalue weighted by molar-refractivity contribution is -0.125. The van der Waals surface area contributed by atoms with Crippen molar-refractivity contribution in [3.63, 3.8) is 0 Å². The van der Waals surface area contributed by atoms with Gasteiger partial charge in [-0.25, -0.2) is 0 Å². The minimum Gasteiger partial charge on any atom is -0.354 e. The van der Waals surface area contributed by atoms with Crippen LogP contribution in [0.15, 0.2) is 33.9 Å². The summed E-state index contributed by atoms with van der Waals surface area (Å²) in [6.07, 6.45) is 1.58. The predicted octanol–water partition coefficient (Wildman–Crippen LogP) is 1.24. The Bertz CT molecular complexity index is 772. The summed E-state index contributed by atoms with van der Waals surface area (Å²) in [5.74, 6) is -0.0140. The van der Waals surface area contributed by atoms with Crippen LogP contribution in [0.4, 0.5) is 0 Å². The van der Waals surface area contributed by atoms with Crippen LogP contribution in [0.3, 0.4) is 0 Å². The van der Waals surface area contributed by atoms with Gasteiger partial charge in [0.15, 0.2) is 0 Å². The first kappa shape index (κ1) is 16.0. The number of aromatic nitrogens is 2. The van der Waals surface area contributed by atoms with Crippen molar-refractivity contribution in [1.82, 2.24) is 14.9 Å². The molecular weight excluding hydrogens is 282 g/mol. The van der Waals surface area contributed by atoms with Crippen molar-refractivity contribution >= 4 is 16.9 Å². The van der Waals surface area contributed by atoms with Gasteiger partial charge in [0.05, 0.1) is 11.0 Å². The van der Waals surface area contributed by atoms with Gasteiger partial charge >= 0.3 is 11.1 Å². The fourth-order valence-corrected chi connectivity index (χ4v) is 2.54. The molecule has 0 aliphatic carbocycles. The number of aromatic amines is 1. The van der Waals surface area contributed by atoms with Crippen LogP contribution >= 0.6 is 0 Å². The zero-order valence-corrected chi connectivity index (χ0v) is 12.9. The number of nitrogens with zero attached hydrogens (tertiary/aromatic N) is 1. The van der Waals surface area contributed by atoms with Crippen LogP contribution in [-0.2, 0) is 11.3 Å². The lowest BCUT2D eigenvalue weighted by atomic mass is 10.0. The van der Waals surface area contributed by atoms with E-state index in [2.05, 4.69) is 10.3 Å². The highest BCUT2D eigenvalue weighted by molar-refractivity contribution is 5.78. The quantitative estimate of drug-likeness (QED) is 0.788. The molecule has 6 nitrogen and oxygen atoms in total. The van der Waals surface area contributed by atoms with E-state index in [-0.39, 0.29) is 18.4 Å². The van der Waals surface area contributed by atoms with Gasteiger partial charge in [0.25, 0.3) is 0 Å². The van der Waals surface area contributed by atoms with Gasteiger partial charge in [-0.2, -0.15) is 0 Å². The minimum atomic E-state index is -0.648. The topological polar surface area (TPSA) is 84.0 Å². The summed E-state index contributed by atoms with van der Waals surface area (Å²) in [6, 6.07) is 7.12. The number of nitrogens with one attached hydrogen (secondary N) is 2. The first-order chi connectivity index (χ1) is 10.6.